The van der Waals surface area contributed by atoms with Gasteiger partial charge >= 0.3 is 12.1 Å². The zero-order valence-corrected chi connectivity index (χ0v) is 11.9. The van der Waals surface area contributed by atoms with Crippen molar-refractivity contribution in [2.24, 2.45) is 5.73 Å². The van der Waals surface area contributed by atoms with E-state index in [0.717, 1.165) is 6.07 Å². The average Bonchev–Trinajstić information content (AvgIpc) is 2.79. The molecule has 0 spiro atoms. The van der Waals surface area contributed by atoms with Crippen molar-refractivity contribution in [1.82, 2.24) is 15.9 Å². The minimum Gasteiger partial charge on any atom is -0.475 e. The number of rotatable bonds is 2. The summed E-state index contributed by atoms with van der Waals surface area (Å²) in [6, 6.07) is 2.44. The molecule has 0 radical (unpaired) electrons. The highest BCUT2D eigenvalue weighted by molar-refractivity contribution is 6.04. The molecule has 0 unspecified atom stereocenters. The Morgan fingerprint density at radius 3 is 2.26 bits per heavy atom. The van der Waals surface area contributed by atoms with E-state index >= 15 is 0 Å². The van der Waals surface area contributed by atoms with Crippen LogP contribution in [-0.4, -0.2) is 32.9 Å². The van der Waals surface area contributed by atoms with Crippen LogP contribution in [0.4, 0.5) is 17.6 Å². The number of aliphatic carboxylic acids is 1. The zero-order valence-electron chi connectivity index (χ0n) is 11.9. The van der Waals surface area contributed by atoms with Crippen LogP contribution in [0.25, 0.3) is 10.9 Å². The van der Waals surface area contributed by atoms with Gasteiger partial charge in [-0.3, -0.25) is 9.48 Å². The molecule has 11 heteroatoms. The molecule has 2 aromatic rings. The molecule has 0 bridgehead atoms. The normalized spacial score (nSPS) is 10.5. The van der Waals surface area contributed by atoms with Crippen molar-refractivity contribution in [3.63, 3.8) is 0 Å². The molecule has 6 N–H and O–H groups in total. The maximum atomic E-state index is 13.1. The number of benzene rings is 1. The van der Waals surface area contributed by atoms with Gasteiger partial charge in [0.1, 0.15) is 11.3 Å². The molecule has 0 saturated heterocycles. The van der Waals surface area contributed by atoms with Crippen molar-refractivity contribution in [1.29, 1.82) is 0 Å². The Morgan fingerprint density at radius 2 is 1.87 bits per heavy atom. The van der Waals surface area contributed by atoms with E-state index in [1.54, 1.807) is 10.9 Å². The van der Waals surface area contributed by atoms with E-state index in [-0.39, 0.29) is 11.7 Å². The number of fused-ring (bicyclic) bond motifs is 1. The van der Waals surface area contributed by atoms with Gasteiger partial charge in [0.25, 0.3) is 5.91 Å². The second-order valence-electron chi connectivity index (χ2n) is 4.04. The molecule has 1 amide bonds. The second kappa shape index (κ2) is 7.54. The molecule has 1 heterocycles. The molecule has 128 valence electrons. The summed E-state index contributed by atoms with van der Waals surface area (Å²) < 4.78 is 46.5. The van der Waals surface area contributed by atoms with Crippen molar-refractivity contribution in [3.8, 4) is 0 Å². The quantitative estimate of drug-likeness (QED) is 0.721. The predicted octanol–water partition coefficient (Wildman–Crippen LogP) is 2.09. The summed E-state index contributed by atoms with van der Waals surface area (Å²) in [6.07, 6.45) is -3.40. The van der Waals surface area contributed by atoms with Crippen molar-refractivity contribution < 1.29 is 32.3 Å². The number of aromatic nitrogens is 2. The van der Waals surface area contributed by atoms with Crippen LogP contribution in [0.2, 0.25) is 0 Å². The van der Waals surface area contributed by atoms with Gasteiger partial charge in [0.2, 0.25) is 0 Å². The fourth-order valence-corrected chi connectivity index (χ4v) is 1.50. The van der Waals surface area contributed by atoms with Crippen LogP contribution >= 0.6 is 0 Å². The van der Waals surface area contributed by atoms with Gasteiger partial charge in [-0.05, 0) is 19.1 Å². The van der Waals surface area contributed by atoms with Crippen molar-refractivity contribution >= 4 is 22.8 Å². The molecule has 1 aromatic heterocycles. The Balaban J connectivity index is 0.000000522. The molecule has 0 atom stereocenters. The highest BCUT2D eigenvalue weighted by Gasteiger charge is 2.38. The first-order valence-corrected chi connectivity index (χ1v) is 5.82. The van der Waals surface area contributed by atoms with Gasteiger partial charge in [0, 0.05) is 18.1 Å². The van der Waals surface area contributed by atoms with Gasteiger partial charge in [-0.1, -0.05) is 0 Å². The van der Waals surface area contributed by atoms with E-state index in [4.69, 9.17) is 15.6 Å². The number of aryl methyl sites for hydroxylation is 1. The first kappa shape index (κ1) is 20.3. The Kier molecular flexibility index (Phi) is 6.65. The van der Waals surface area contributed by atoms with Crippen molar-refractivity contribution in [2.45, 2.75) is 19.6 Å². The maximum Gasteiger partial charge on any atom is 0.490 e. The minimum absolute atomic E-state index is 0. The van der Waals surface area contributed by atoms with Crippen LogP contribution in [0, 0.1) is 5.82 Å². The van der Waals surface area contributed by atoms with E-state index in [2.05, 4.69) is 5.10 Å². The average molecular weight is 338 g/mol. The highest BCUT2D eigenvalue weighted by Crippen LogP contribution is 2.19. The third-order valence-corrected chi connectivity index (χ3v) is 2.45. The molecule has 7 nitrogen and oxygen atoms in total. The molecule has 2 rings (SSSR count). The highest BCUT2D eigenvalue weighted by atomic mass is 19.4. The molecule has 0 fully saturated rings. The van der Waals surface area contributed by atoms with Gasteiger partial charge in [-0.2, -0.15) is 18.3 Å². The summed E-state index contributed by atoms with van der Waals surface area (Å²) in [5.74, 6) is -3.90. The number of halogens is 4. The number of alkyl halides is 3. The van der Waals surface area contributed by atoms with Gasteiger partial charge in [0.05, 0.1) is 5.56 Å². The molecular formula is C12H14F4N4O3. The lowest BCUT2D eigenvalue weighted by atomic mass is 10.1. The van der Waals surface area contributed by atoms with E-state index in [1.165, 1.54) is 6.07 Å². The third kappa shape index (κ3) is 5.21. The lowest BCUT2D eigenvalue weighted by molar-refractivity contribution is -0.192. The van der Waals surface area contributed by atoms with Crippen molar-refractivity contribution in [3.05, 3.63) is 29.7 Å². The Labute approximate surface area is 127 Å². The topological polar surface area (TPSA) is 133 Å². The molecule has 1 aromatic carbocycles. The Hall–Kier alpha value is -2.69. The third-order valence-electron chi connectivity index (χ3n) is 2.45. The number of carbonyl (C=O) groups is 2. The molecule has 0 saturated carbocycles. The van der Waals surface area contributed by atoms with Gasteiger partial charge in [-0.15, -0.1) is 0 Å². The summed E-state index contributed by atoms with van der Waals surface area (Å²) in [5.41, 5.74) is 5.72. The lowest BCUT2D eigenvalue weighted by Gasteiger charge is -1.96. The molecule has 0 aliphatic rings. The number of amides is 1. The first-order valence-electron chi connectivity index (χ1n) is 5.82. The standard InChI is InChI=1S/C10H10FN3O.C2HF3O2.H3N/c1-2-14-5-6-3-7(11)4-8(10(12)15)9(6)13-14;3-2(4,5)1(6)7;/h3-5H,2H2,1H3,(H2,12,15);(H,6,7);1H3. The monoisotopic (exact) mass is 338 g/mol. The van der Waals surface area contributed by atoms with Crippen LogP contribution in [0.3, 0.4) is 0 Å². The second-order valence-corrected chi connectivity index (χ2v) is 4.04. The number of carbonyl (C=O) groups excluding carboxylic acids is 1. The summed E-state index contributed by atoms with van der Waals surface area (Å²) in [5, 5.41) is 11.9. The van der Waals surface area contributed by atoms with Gasteiger partial charge in [-0.25, -0.2) is 9.18 Å². The fourth-order valence-electron chi connectivity index (χ4n) is 1.50. The largest absolute Gasteiger partial charge is 0.490 e. The first-order chi connectivity index (χ1) is 10.1. The number of hydrogen-bond acceptors (Lipinski definition) is 4. The number of nitrogens with two attached hydrogens (primary N) is 1. The van der Waals surface area contributed by atoms with Gasteiger partial charge < -0.3 is 17.0 Å². The van der Waals surface area contributed by atoms with E-state index in [1.807, 2.05) is 6.92 Å². The molecule has 0 aliphatic carbocycles. The zero-order chi connectivity index (χ0) is 17.1. The number of hydrogen-bond donors (Lipinski definition) is 3. The number of nitrogens with zero attached hydrogens (tertiary/aromatic N) is 2. The number of carboxylic acid groups (broad SMARTS) is 1. The van der Waals surface area contributed by atoms with Crippen molar-refractivity contribution in [2.75, 3.05) is 0 Å². The molecule has 0 aliphatic heterocycles. The van der Waals surface area contributed by atoms with Crippen LogP contribution in [0.5, 0.6) is 0 Å². The van der Waals surface area contributed by atoms with Crippen LogP contribution in [-0.2, 0) is 11.3 Å². The maximum absolute atomic E-state index is 13.1. The van der Waals surface area contributed by atoms with Crippen LogP contribution < -0.4 is 11.9 Å². The summed E-state index contributed by atoms with van der Waals surface area (Å²) in [4.78, 5) is 20.0. The van der Waals surface area contributed by atoms with Gasteiger partial charge in [0.15, 0.2) is 0 Å². The van der Waals surface area contributed by atoms with Crippen LogP contribution in [0.1, 0.15) is 17.3 Å². The summed E-state index contributed by atoms with van der Waals surface area (Å²) in [6.45, 7) is 2.57. The van der Waals surface area contributed by atoms with E-state index in [0.29, 0.717) is 17.4 Å². The summed E-state index contributed by atoms with van der Waals surface area (Å²) in [7, 11) is 0. The Morgan fingerprint density at radius 1 is 1.35 bits per heavy atom. The fraction of sp³-hybridized carbons (Fsp3) is 0.250. The van der Waals surface area contributed by atoms with E-state index < -0.39 is 23.9 Å². The Bertz CT molecular complexity index is 712. The number of carboxylic acids is 1. The van der Waals surface area contributed by atoms with E-state index in [9.17, 15) is 22.4 Å². The smallest absolute Gasteiger partial charge is 0.475 e. The SMILES string of the molecule is CCn1cc2cc(F)cc(C(N)=O)c2n1.N.O=C(O)C(F)(F)F. The molecular weight excluding hydrogens is 324 g/mol. The number of primary amides is 1. The minimum atomic E-state index is -5.08. The molecule has 23 heavy (non-hydrogen) atoms. The lowest BCUT2D eigenvalue weighted by Crippen LogP contribution is -2.21. The summed E-state index contributed by atoms with van der Waals surface area (Å²) >= 11 is 0. The predicted molar refractivity (Wildman–Crippen MR) is 72.6 cm³/mol. The van der Waals surface area contributed by atoms with Crippen LogP contribution in [0.15, 0.2) is 18.3 Å².